The van der Waals surface area contributed by atoms with Gasteiger partial charge in [0.2, 0.25) is 0 Å². The second-order valence-electron chi connectivity index (χ2n) is 5.98. The number of Topliss-reactive ketones (excluding diaryl/α,β-unsaturated/α-hetero) is 1. The Morgan fingerprint density at radius 1 is 1.24 bits per heavy atom. The molecule has 21 heavy (non-hydrogen) atoms. The van der Waals surface area contributed by atoms with Crippen molar-refractivity contribution in [1.29, 1.82) is 0 Å². The molecule has 116 valence electrons. The van der Waals surface area contributed by atoms with Crippen molar-refractivity contribution in [2.75, 3.05) is 32.8 Å². The minimum absolute atomic E-state index is 0.0459. The summed E-state index contributed by atoms with van der Waals surface area (Å²) in [6.45, 7) is 8.51. The van der Waals surface area contributed by atoms with Crippen LogP contribution in [0.2, 0.25) is 0 Å². The molecule has 0 aliphatic carbocycles. The molecule has 0 spiro atoms. The maximum atomic E-state index is 12.5. The van der Waals surface area contributed by atoms with E-state index in [0.717, 1.165) is 44.8 Å². The van der Waals surface area contributed by atoms with Gasteiger partial charge in [-0.2, -0.15) is 0 Å². The Morgan fingerprint density at radius 2 is 1.90 bits per heavy atom. The van der Waals surface area contributed by atoms with E-state index in [9.17, 15) is 4.79 Å². The first-order chi connectivity index (χ1) is 10.2. The van der Waals surface area contributed by atoms with Crippen LogP contribution in [0.3, 0.4) is 0 Å². The summed E-state index contributed by atoms with van der Waals surface area (Å²) in [5, 5.41) is 0. The van der Waals surface area contributed by atoms with Gasteiger partial charge in [-0.3, -0.25) is 9.69 Å². The van der Waals surface area contributed by atoms with E-state index in [1.165, 1.54) is 18.4 Å². The van der Waals surface area contributed by atoms with Gasteiger partial charge in [-0.1, -0.05) is 44.5 Å². The maximum absolute atomic E-state index is 12.5. The lowest BCUT2D eigenvalue weighted by atomic mass is 9.97. The highest BCUT2D eigenvalue weighted by Crippen LogP contribution is 2.14. The molecule has 1 atom stereocenters. The lowest BCUT2D eigenvalue weighted by molar-refractivity contribution is 0.0313. The third-order valence-corrected chi connectivity index (χ3v) is 4.14. The lowest BCUT2D eigenvalue weighted by Gasteiger charge is -2.28. The molecule has 0 N–H and O–H groups in total. The van der Waals surface area contributed by atoms with E-state index >= 15 is 0 Å². The van der Waals surface area contributed by atoms with Crippen LogP contribution in [0, 0.1) is 5.92 Å². The zero-order valence-corrected chi connectivity index (χ0v) is 13.3. The van der Waals surface area contributed by atoms with Gasteiger partial charge in [0.1, 0.15) is 0 Å². The van der Waals surface area contributed by atoms with Gasteiger partial charge >= 0.3 is 0 Å². The molecule has 2 rings (SSSR count). The van der Waals surface area contributed by atoms with Crippen molar-refractivity contribution in [2.45, 2.75) is 33.1 Å². The Bertz CT molecular complexity index is 435. The second-order valence-corrected chi connectivity index (χ2v) is 5.98. The summed E-state index contributed by atoms with van der Waals surface area (Å²) >= 11 is 0. The van der Waals surface area contributed by atoms with Gasteiger partial charge < -0.3 is 4.74 Å². The molecule has 1 aliphatic rings. The Balaban J connectivity index is 1.88. The van der Waals surface area contributed by atoms with E-state index in [1.54, 1.807) is 0 Å². The third-order valence-electron chi connectivity index (χ3n) is 4.14. The number of unbranched alkanes of at least 4 members (excludes halogenated alkanes) is 1. The molecule has 1 aromatic carbocycles. The number of morpholine rings is 1. The van der Waals surface area contributed by atoms with Gasteiger partial charge in [0.05, 0.1) is 13.2 Å². The topological polar surface area (TPSA) is 29.5 Å². The molecule has 0 saturated carbocycles. The minimum atomic E-state index is 0.0459. The van der Waals surface area contributed by atoms with Crippen LogP contribution in [0.4, 0.5) is 0 Å². The van der Waals surface area contributed by atoms with Gasteiger partial charge in [0.15, 0.2) is 5.78 Å². The summed E-state index contributed by atoms with van der Waals surface area (Å²) in [5.41, 5.74) is 2.17. The van der Waals surface area contributed by atoms with Crippen molar-refractivity contribution < 1.29 is 9.53 Å². The first kappa shape index (κ1) is 16.2. The summed E-state index contributed by atoms with van der Waals surface area (Å²) in [6, 6.07) is 8.18. The van der Waals surface area contributed by atoms with E-state index in [4.69, 9.17) is 4.74 Å². The standard InChI is InChI=1S/C18H27NO2/c1-3-4-5-16-6-8-17(9-7-16)18(20)15(2)14-19-10-12-21-13-11-19/h6-9,15H,3-5,10-14H2,1-2H3. The molecule has 0 bridgehead atoms. The van der Waals surface area contributed by atoms with Gasteiger partial charge in [0.25, 0.3) is 0 Å². The fourth-order valence-electron chi connectivity index (χ4n) is 2.76. The summed E-state index contributed by atoms with van der Waals surface area (Å²) in [5.74, 6) is 0.299. The molecule has 1 saturated heterocycles. The molecule has 0 aromatic heterocycles. The highest BCUT2D eigenvalue weighted by Gasteiger charge is 2.20. The predicted molar refractivity (Wildman–Crippen MR) is 85.8 cm³/mol. The van der Waals surface area contributed by atoms with Crippen LogP contribution < -0.4 is 0 Å². The average Bonchev–Trinajstić information content (AvgIpc) is 2.53. The number of ketones is 1. The minimum Gasteiger partial charge on any atom is -0.379 e. The van der Waals surface area contributed by atoms with Crippen LogP contribution in [-0.2, 0) is 11.2 Å². The zero-order valence-electron chi connectivity index (χ0n) is 13.3. The SMILES string of the molecule is CCCCc1ccc(C(=O)C(C)CN2CCOCC2)cc1. The molecular weight excluding hydrogens is 262 g/mol. The molecule has 1 aromatic rings. The van der Waals surface area contributed by atoms with E-state index in [2.05, 4.69) is 24.0 Å². The molecule has 3 nitrogen and oxygen atoms in total. The molecule has 1 heterocycles. The number of hydrogen-bond acceptors (Lipinski definition) is 3. The Labute approximate surface area is 128 Å². The van der Waals surface area contributed by atoms with E-state index in [1.807, 2.05) is 19.1 Å². The molecule has 3 heteroatoms. The average molecular weight is 289 g/mol. The first-order valence-corrected chi connectivity index (χ1v) is 8.14. The highest BCUT2D eigenvalue weighted by molar-refractivity contribution is 5.97. The van der Waals surface area contributed by atoms with E-state index in [-0.39, 0.29) is 11.7 Å². The van der Waals surface area contributed by atoms with Crippen LogP contribution in [0.1, 0.15) is 42.6 Å². The van der Waals surface area contributed by atoms with Crippen LogP contribution in [0.15, 0.2) is 24.3 Å². The predicted octanol–water partition coefficient (Wildman–Crippen LogP) is 3.18. The van der Waals surface area contributed by atoms with Gasteiger partial charge in [0, 0.05) is 31.1 Å². The molecule has 0 amide bonds. The number of rotatable bonds is 7. The molecule has 1 fully saturated rings. The Hall–Kier alpha value is -1.19. The second kappa shape index (κ2) is 8.30. The van der Waals surface area contributed by atoms with Crippen molar-refractivity contribution in [3.63, 3.8) is 0 Å². The quantitative estimate of drug-likeness (QED) is 0.722. The molecular formula is C18H27NO2. The summed E-state index contributed by atoms with van der Waals surface area (Å²) in [7, 11) is 0. The Morgan fingerprint density at radius 3 is 2.52 bits per heavy atom. The molecule has 1 unspecified atom stereocenters. The number of nitrogens with zero attached hydrogens (tertiary/aromatic N) is 1. The van der Waals surface area contributed by atoms with Crippen molar-refractivity contribution in [3.8, 4) is 0 Å². The smallest absolute Gasteiger partial charge is 0.166 e. The van der Waals surface area contributed by atoms with Crippen molar-refractivity contribution >= 4 is 5.78 Å². The van der Waals surface area contributed by atoms with Crippen molar-refractivity contribution in [2.24, 2.45) is 5.92 Å². The number of hydrogen-bond donors (Lipinski definition) is 0. The number of ether oxygens (including phenoxy) is 1. The van der Waals surface area contributed by atoms with Crippen molar-refractivity contribution in [3.05, 3.63) is 35.4 Å². The number of carbonyl (C=O) groups is 1. The summed E-state index contributed by atoms with van der Waals surface area (Å²) < 4.78 is 5.35. The van der Waals surface area contributed by atoms with Crippen LogP contribution in [0.25, 0.3) is 0 Å². The highest BCUT2D eigenvalue weighted by atomic mass is 16.5. The number of carbonyl (C=O) groups excluding carboxylic acids is 1. The van der Waals surface area contributed by atoms with E-state index in [0.29, 0.717) is 0 Å². The zero-order chi connectivity index (χ0) is 15.1. The summed E-state index contributed by atoms with van der Waals surface area (Å²) in [6.07, 6.45) is 3.52. The first-order valence-electron chi connectivity index (χ1n) is 8.14. The fraction of sp³-hybridized carbons (Fsp3) is 0.611. The van der Waals surface area contributed by atoms with Gasteiger partial charge in [-0.15, -0.1) is 0 Å². The van der Waals surface area contributed by atoms with Gasteiger partial charge in [-0.25, -0.2) is 0 Å². The summed E-state index contributed by atoms with van der Waals surface area (Å²) in [4.78, 5) is 14.8. The van der Waals surface area contributed by atoms with Crippen LogP contribution in [0.5, 0.6) is 0 Å². The Kier molecular flexibility index (Phi) is 6.40. The number of benzene rings is 1. The normalized spacial score (nSPS) is 17.6. The maximum Gasteiger partial charge on any atom is 0.166 e. The molecule has 0 radical (unpaired) electrons. The van der Waals surface area contributed by atoms with Crippen molar-refractivity contribution in [1.82, 2.24) is 4.90 Å². The largest absolute Gasteiger partial charge is 0.379 e. The third kappa shape index (κ3) is 4.94. The molecule has 1 aliphatic heterocycles. The number of aryl methyl sites for hydroxylation is 1. The monoisotopic (exact) mass is 289 g/mol. The van der Waals surface area contributed by atoms with Crippen LogP contribution in [-0.4, -0.2) is 43.5 Å². The fourth-order valence-corrected chi connectivity index (χ4v) is 2.76. The van der Waals surface area contributed by atoms with E-state index < -0.39 is 0 Å². The van der Waals surface area contributed by atoms with Crippen LogP contribution >= 0.6 is 0 Å². The lowest BCUT2D eigenvalue weighted by Crippen LogP contribution is -2.40. The van der Waals surface area contributed by atoms with Gasteiger partial charge in [-0.05, 0) is 18.4 Å².